The zero-order valence-corrected chi connectivity index (χ0v) is 15.2. The lowest BCUT2D eigenvalue weighted by Gasteiger charge is -2.13. The van der Waals surface area contributed by atoms with Crippen molar-refractivity contribution >= 4 is 33.4 Å². The van der Waals surface area contributed by atoms with Gasteiger partial charge in [-0.05, 0) is 18.2 Å². The van der Waals surface area contributed by atoms with Crippen molar-refractivity contribution in [3.63, 3.8) is 0 Å². The second-order valence-corrected chi connectivity index (χ2v) is 6.54. The first kappa shape index (κ1) is 18.7. The Hall–Kier alpha value is -3.62. The summed E-state index contributed by atoms with van der Waals surface area (Å²) in [6, 6.07) is 12.1. The highest BCUT2D eigenvalue weighted by atomic mass is 19.4. The monoisotopic (exact) mass is 400 g/mol. The van der Waals surface area contributed by atoms with E-state index in [0.29, 0.717) is 10.9 Å². The number of fused-ring (bicyclic) bond motifs is 3. The Balaban J connectivity index is 1.68. The molecule has 9 heteroatoms. The number of hydrogen-bond donors (Lipinski definition) is 1. The van der Waals surface area contributed by atoms with Crippen LogP contribution in [-0.4, -0.2) is 20.3 Å². The SMILES string of the molecule is Cn1c2ccccc2c2cnn(CC(=O)Nc3ccccc3C(F)(F)F)c(=O)c21. The van der Waals surface area contributed by atoms with Crippen molar-refractivity contribution in [1.82, 2.24) is 14.3 Å². The topological polar surface area (TPSA) is 68.9 Å². The molecule has 0 radical (unpaired) electrons. The second-order valence-electron chi connectivity index (χ2n) is 6.54. The van der Waals surface area contributed by atoms with Crippen LogP contribution in [0.1, 0.15) is 5.56 Å². The molecular weight excluding hydrogens is 385 g/mol. The Morgan fingerprint density at radius 2 is 1.76 bits per heavy atom. The standard InChI is InChI=1S/C20H15F3N4O2/c1-26-16-9-5-2-6-12(16)13-10-24-27(19(29)18(13)26)11-17(28)25-15-8-4-3-7-14(15)20(21,22)23/h2-10H,11H2,1H3,(H,25,28). The number of hydrogen-bond acceptors (Lipinski definition) is 3. The maximum atomic E-state index is 13.1. The zero-order chi connectivity index (χ0) is 20.8. The first-order valence-corrected chi connectivity index (χ1v) is 8.66. The van der Waals surface area contributed by atoms with E-state index in [2.05, 4.69) is 10.4 Å². The van der Waals surface area contributed by atoms with Crippen LogP contribution in [0.2, 0.25) is 0 Å². The van der Waals surface area contributed by atoms with Gasteiger partial charge in [0.25, 0.3) is 5.56 Å². The summed E-state index contributed by atoms with van der Waals surface area (Å²) in [7, 11) is 1.73. The molecule has 4 aromatic rings. The zero-order valence-electron chi connectivity index (χ0n) is 15.2. The summed E-state index contributed by atoms with van der Waals surface area (Å²) in [4.78, 5) is 25.2. The van der Waals surface area contributed by atoms with Gasteiger partial charge in [-0.3, -0.25) is 9.59 Å². The minimum absolute atomic E-state index is 0.365. The van der Waals surface area contributed by atoms with E-state index in [4.69, 9.17) is 0 Å². The van der Waals surface area contributed by atoms with E-state index in [1.54, 1.807) is 11.6 Å². The van der Waals surface area contributed by atoms with Crippen molar-refractivity contribution in [2.24, 2.45) is 7.05 Å². The normalized spacial score (nSPS) is 11.9. The van der Waals surface area contributed by atoms with Crippen LogP contribution in [-0.2, 0) is 24.6 Å². The Morgan fingerprint density at radius 1 is 1.07 bits per heavy atom. The molecule has 0 aliphatic rings. The first-order chi connectivity index (χ1) is 13.8. The summed E-state index contributed by atoms with van der Waals surface area (Å²) < 4.78 is 41.9. The van der Waals surface area contributed by atoms with Crippen molar-refractivity contribution in [3.05, 3.63) is 70.6 Å². The highest BCUT2D eigenvalue weighted by Crippen LogP contribution is 2.34. The predicted molar refractivity (Wildman–Crippen MR) is 103 cm³/mol. The largest absolute Gasteiger partial charge is 0.418 e. The Bertz CT molecular complexity index is 1300. The summed E-state index contributed by atoms with van der Waals surface area (Å²) in [5, 5.41) is 7.74. The van der Waals surface area contributed by atoms with Gasteiger partial charge in [-0.2, -0.15) is 18.3 Å². The Labute approximate surface area is 162 Å². The molecule has 29 heavy (non-hydrogen) atoms. The molecule has 0 atom stereocenters. The van der Waals surface area contributed by atoms with Crippen molar-refractivity contribution in [1.29, 1.82) is 0 Å². The van der Waals surface area contributed by atoms with Gasteiger partial charge in [0.2, 0.25) is 5.91 Å². The molecule has 0 bridgehead atoms. The fourth-order valence-electron chi connectivity index (χ4n) is 3.39. The number of carbonyl (C=O) groups excluding carboxylic acids is 1. The number of alkyl halides is 3. The molecule has 1 amide bonds. The third-order valence-corrected chi connectivity index (χ3v) is 4.71. The lowest BCUT2D eigenvalue weighted by Crippen LogP contribution is -2.30. The highest BCUT2D eigenvalue weighted by molar-refractivity contribution is 6.07. The lowest BCUT2D eigenvalue weighted by molar-refractivity contribution is -0.137. The predicted octanol–water partition coefficient (Wildman–Crippen LogP) is 3.55. The van der Waals surface area contributed by atoms with E-state index in [0.717, 1.165) is 27.7 Å². The number of benzene rings is 2. The minimum Gasteiger partial charge on any atom is -0.339 e. The van der Waals surface area contributed by atoms with Crippen molar-refractivity contribution in [2.45, 2.75) is 12.7 Å². The molecule has 0 aliphatic carbocycles. The van der Waals surface area contributed by atoms with Crippen LogP contribution in [0.15, 0.2) is 59.5 Å². The van der Waals surface area contributed by atoms with Crippen molar-refractivity contribution < 1.29 is 18.0 Å². The molecule has 0 saturated carbocycles. The van der Waals surface area contributed by atoms with E-state index in [1.807, 2.05) is 24.3 Å². The molecule has 0 spiro atoms. The van der Waals surface area contributed by atoms with Gasteiger partial charge in [-0.25, -0.2) is 4.68 Å². The lowest BCUT2D eigenvalue weighted by atomic mass is 10.1. The van der Waals surface area contributed by atoms with Crippen LogP contribution >= 0.6 is 0 Å². The molecule has 0 aliphatic heterocycles. The number of aromatic nitrogens is 3. The molecule has 148 valence electrons. The second kappa shape index (κ2) is 6.77. The molecule has 0 unspecified atom stereocenters. The average Bonchev–Trinajstić information content (AvgIpc) is 2.97. The van der Waals surface area contributed by atoms with Crippen LogP contribution < -0.4 is 10.9 Å². The summed E-state index contributed by atoms with van der Waals surface area (Å²) in [6.07, 6.45) is -3.13. The number of rotatable bonds is 3. The quantitative estimate of drug-likeness (QED) is 0.572. The number of aryl methyl sites for hydroxylation is 1. The molecule has 2 aromatic heterocycles. The van der Waals surface area contributed by atoms with E-state index in [-0.39, 0.29) is 5.69 Å². The van der Waals surface area contributed by atoms with Crippen LogP contribution in [0, 0.1) is 0 Å². The van der Waals surface area contributed by atoms with E-state index >= 15 is 0 Å². The van der Waals surface area contributed by atoms with Gasteiger partial charge in [0, 0.05) is 23.3 Å². The van der Waals surface area contributed by atoms with Gasteiger partial charge >= 0.3 is 6.18 Å². The van der Waals surface area contributed by atoms with E-state index < -0.39 is 29.8 Å². The number of nitrogens with one attached hydrogen (secondary N) is 1. The fraction of sp³-hybridized carbons (Fsp3) is 0.150. The van der Waals surface area contributed by atoms with Crippen LogP contribution in [0.4, 0.5) is 18.9 Å². The Kier molecular flexibility index (Phi) is 4.37. The van der Waals surface area contributed by atoms with Gasteiger partial charge in [-0.15, -0.1) is 0 Å². The molecular formula is C20H15F3N4O2. The van der Waals surface area contributed by atoms with Gasteiger partial charge < -0.3 is 9.88 Å². The van der Waals surface area contributed by atoms with E-state index in [1.165, 1.54) is 18.3 Å². The summed E-state index contributed by atoms with van der Waals surface area (Å²) >= 11 is 0. The Morgan fingerprint density at radius 3 is 2.52 bits per heavy atom. The number of anilines is 1. The minimum atomic E-state index is -4.61. The van der Waals surface area contributed by atoms with Crippen LogP contribution in [0.3, 0.4) is 0 Å². The maximum Gasteiger partial charge on any atom is 0.418 e. The van der Waals surface area contributed by atoms with E-state index in [9.17, 15) is 22.8 Å². The molecule has 4 rings (SSSR count). The number of para-hydroxylation sites is 2. The van der Waals surface area contributed by atoms with Crippen LogP contribution in [0.25, 0.3) is 21.8 Å². The average molecular weight is 400 g/mol. The van der Waals surface area contributed by atoms with Crippen LogP contribution in [0.5, 0.6) is 0 Å². The summed E-state index contributed by atoms with van der Waals surface area (Å²) in [5.74, 6) is -0.783. The number of amides is 1. The molecule has 0 fully saturated rings. The number of nitrogens with zero attached hydrogens (tertiary/aromatic N) is 3. The summed E-state index contributed by atoms with van der Waals surface area (Å²) in [6.45, 7) is -0.511. The van der Waals surface area contributed by atoms with Crippen molar-refractivity contribution in [3.8, 4) is 0 Å². The smallest absolute Gasteiger partial charge is 0.339 e. The first-order valence-electron chi connectivity index (χ1n) is 8.66. The third kappa shape index (κ3) is 3.24. The molecule has 6 nitrogen and oxygen atoms in total. The third-order valence-electron chi connectivity index (χ3n) is 4.71. The van der Waals surface area contributed by atoms with Gasteiger partial charge in [0.1, 0.15) is 12.1 Å². The van der Waals surface area contributed by atoms with Gasteiger partial charge in [0.05, 0.1) is 17.4 Å². The number of halogens is 3. The number of carbonyl (C=O) groups is 1. The maximum absolute atomic E-state index is 13.1. The molecule has 2 aromatic carbocycles. The van der Waals surface area contributed by atoms with Crippen molar-refractivity contribution in [2.75, 3.05) is 5.32 Å². The molecule has 1 N–H and O–H groups in total. The highest BCUT2D eigenvalue weighted by Gasteiger charge is 2.33. The fourth-order valence-corrected chi connectivity index (χ4v) is 3.39. The van der Waals surface area contributed by atoms with Gasteiger partial charge in [-0.1, -0.05) is 30.3 Å². The molecule has 2 heterocycles. The summed E-state index contributed by atoms with van der Waals surface area (Å²) in [5.41, 5.74) is -0.630. The van der Waals surface area contributed by atoms with Gasteiger partial charge in [0.15, 0.2) is 0 Å². The molecule has 0 saturated heterocycles.